The SMILES string of the molecule is CC(C)(CBr)NC(=O)CCc1ccccc1. The summed E-state index contributed by atoms with van der Waals surface area (Å²) in [7, 11) is 0. The number of hydrogen-bond donors (Lipinski definition) is 1. The maximum atomic E-state index is 11.7. The molecule has 0 fully saturated rings. The summed E-state index contributed by atoms with van der Waals surface area (Å²) in [5, 5.41) is 3.75. The van der Waals surface area contributed by atoms with Crippen LogP contribution in [-0.2, 0) is 11.2 Å². The Balaban J connectivity index is 2.36. The molecule has 0 aromatic heterocycles. The van der Waals surface area contributed by atoms with E-state index in [1.165, 1.54) is 5.56 Å². The van der Waals surface area contributed by atoms with Crippen molar-refractivity contribution in [1.29, 1.82) is 0 Å². The Morgan fingerprint density at radius 3 is 2.50 bits per heavy atom. The summed E-state index contributed by atoms with van der Waals surface area (Å²) in [6.07, 6.45) is 1.34. The fraction of sp³-hybridized carbons (Fsp3) is 0.462. The first-order chi connectivity index (χ1) is 7.53. The smallest absolute Gasteiger partial charge is 0.220 e. The van der Waals surface area contributed by atoms with Crippen LogP contribution in [0.15, 0.2) is 30.3 Å². The van der Waals surface area contributed by atoms with Gasteiger partial charge in [0.1, 0.15) is 0 Å². The van der Waals surface area contributed by atoms with Gasteiger partial charge in [-0.15, -0.1) is 0 Å². The topological polar surface area (TPSA) is 29.1 Å². The predicted octanol–water partition coefficient (Wildman–Crippen LogP) is 2.91. The second kappa shape index (κ2) is 6.04. The Kier molecular flexibility index (Phi) is 5.00. The molecule has 0 heterocycles. The number of benzene rings is 1. The minimum Gasteiger partial charge on any atom is -0.350 e. The molecule has 0 unspecified atom stereocenters. The second-order valence-electron chi connectivity index (χ2n) is 4.55. The van der Waals surface area contributed by atoms with Gasteiger partial charge in [0, 0.05) is 17.3 Å². The molecule has 0 saturated carbocycles. The Morgan fingerprint density at radius 1 is 1.31 bits per heavy atom. The largest absolute Gasteiger partial charge is 0.350 e. The van der Waals surface area contributed by atoms with E-state index in [1.807, 2.05) is 44.2 Å². The molecule has 0 aliphatic heterocycles. The highest BCUT2D eigenvalue weighted by Crippen LogP contribution is 2.07. The van der Waals surface area contributed by atoms with Crippen molar-refractivity contribution in [2.45, 2.75) is 32.2 Å². The van der Waals surface area contributed by atoms with Crippen LogP contribution in [0, 0.1) is 0 Å². The molecular weight excluding hydrogens is 266 g/mol. The van der Waals surface area contributed by atoms with E-state index in [4.69, 9.17) is 0 Å². The normalized spacial score (nSPS) is 11.2. The summed E-state index contributed by atoms with van der Waals surface area (Å²) < 4.78 is 0. The lowest BCUT2D eigenvalue weighted by atomic mass is 10.1. The van der Waals surface area contributed by atoms with Crippen LogP contribution >= 0.6 is 15.9 Å². The number of hydrogen-bond acceptors (Lipinski definition) is 1. The molecule has 0 saturated heterocycles. The van der Waals surface area contributed by atoms with Crippen LogP contribution in [0.3, 0.4) is 0 Å². The third kappa shape index (κ3) is 4.79. The Hall–Kier alpha value is -0.830. The van der Waals surface area contributed by atoms with E-state index in [-0.39, 0.29) is 11.4 Å². The zero-order valence-corrected chi connectivity index (χ0v) is 11.4. The molecule has 0 aliphatic rings. The first kappa shape index (κ1) is 13.2. The molecule has 0 aliphatic carbocycles. The fourth-order valence-electron chi connectivity index (χ4n) is 1.38. The molecule has 3 heteroatoms. The van der Waals surface area contributed by atoms with Gasteiger partial charge in [0.25, 0.3) is 0 Å². The van der Waals surface area contributed by atoms with Crippen molar-refractivity contribution in [3.05, 3.63) is 35.9 Å². The van der Waals surface area contributed by atoms with Crippen LogP contribution in [-0.4, -0.2) is 16.8 Å². The van der Waals surface area contributed by atoms with E-state index >= 15 is 0 Å². The molecule has 88 valence electrons. The number of carbonyl (C=O) groups excluding carboxylic acids is 1. The van der Waals surface area contributed by atoms with Crippen molar-refractivity contribution < 1.29 is 4.79 Å². The summed E-state index contributed by atoms with van der Waals surface area (Å²) in [6.45, 7) is 4.00. The minimum atomic E-state index is -0.173. The van der Waals surface area contributed by atoms with Crippen LogP contribution in [0.2, 0.25) is 0 Å². The fourth-order valence-corrected chi connectivity index (χ4v) is 1.52. The zero-order valence-electron chi connectivity index (χ0n) is 9.79. The maximum absolute atomic E-state index is 11.7. The van der Waals surface area contributed by atoms with Crippen molar-refractivity contribution in [1.82, 2.24) is 5.32 Å². The summed E-state index contributed by atoms with van der Waals surface area (Å²) >= 11 is 3.38. The van der Waals surface area contributed by atoms with Crippen molar-refractivity contribution in [2.75, 3.05) is 5.33 Å². The number of aryl methyl sites for hydroxylation is 1. The van der Waals surface area contributed by atoms with Gasteiger partial charge >= 0.3 is 0 Å². The minimum absolute atomic E-state index is 0.105. The van der Waals surface area contributed by atoms with Crippen LogP contribution in [0.1, 0.15) is 25.8 Å². The monoisotopic (exact) mass is 283 g/mol. The Labute approximate surface area is 106 Å². The van der Waals surface area contributed by atoms with Gasteiger partial charge in [-0.05, 0) is 25.8 Å². The van der Waals surface area contributed by atoms with Gasteiger partial charge < -0.3 is 5.32 Å². The second-order valence-corrected chi connectivity index (χ2v) is 5.11. The lowest BCUT2D eigenvalue weighted by Crippen LogP contribution is -2.44. The lowest BCUT2D eigenvalue weighted by molar-refractivity contribution is -0.122. The first-order valence-corrected chi connectivity index (χ1v) is 6.56. The quantitative estimate of drug-likeness (QED) is 0.828. The molecule has 1 aromatic carbocycles. The van der Waals surface area contributed by atoms with Crippen LogP contribution in [0.5, 0.6) is 0 Å². The van der Waals surface area contributed by atoms with Gasteiger partial charge in [-0.3, -0.25) is 4.79 Å². The molecule has 0 bridgehead atoms. The van der Waals surface area contributed by atoms with E-state index in [2.05, 4.69) is 21.2 Å². The van der Waals surface area contributed by atoms with Crippen molar-refractivity contribution in [2.24, 2.45) is 0 Å². The summed E-state index contributed by atoms with van der Waals surface area (Å²) in [6, 6.07) is 10.1. The van der Waals surface area contributed by atoms with Crippen LogP contribution < -0.4 is 5.32 Å². The number of nitrogens with one attached hydrogen (secondary N) is 1. The van der Waals surface area contributed by atoms with E-state index in [0.717, 1.165) is 11.8 Å². The standard InChI is InChI=1S/C13H18BrNO/c1-13(2,10-14)15-12(16)9-8-11-6-4-3-5-7-11/h3-7H,8-10H2,1-2H3,(H,15,16). The third-order valence-electron chi connectivity index (χ3n) is 2.30. The zero-order chi connectivity index (χ0) is 12.0. The van der Waals surface area contributed by atoms with Crippen molar-refractivity contribution in [3.8, 4) is 0 Å². The molecule has 2 nitrogen and oxygen atoms in total. The van der Waals surface area contributed by atoms with Crippen LogP contribution in [0.4, 0.5) is 0 Å². The van der Waals surface area contributed by atoms with E-state index < -0.39 is 0 Å². The molecular formula is C13H18BrNO. The molecule has 1 aromatic rings. The number of carbonyl (C=O) groups is 1. The number of alkyl halides is 1. The molecule has 16 heavy (non-hydrogen) atoms. The number of halogens is 1. The third-order valence-corrected chi connectivity index (χ3v) is 3.70. The molecule has 0 radical (unpaired) electrons. The summed E-state index contributed by atoms with van der Waals surface area (Å²) in [4.78, 5) is 11.7. The average Bonchev–Trinajstić information content (AvgIpc) is 2.27. The van der Waals surface area contributed by atoms with E-state index in [9.17, 15) is 4.79 Å². The number of amides is 1. The summed E-state index contributed by atoms with van der Waals surface area (Å²) in [5.74, 6) is 0.105. The van der Waals surface area contributed by atoms with Crippen molar-refractivity contribution in [3.63, 3.8) is 0 Å². The Morgan fingerprint density at radius 2 is 1.94 bits per heavy atom. The molecule has 0 atom stereocenters. The van der Waals surface area contributed by atoms with Gasteiger partial charge in [0.05, 0.1) is 0 Å². The first-order valence-electron chi connectivity index (χ1n) is 5.44. The van der Waals surface area contributed by atoms with Gasteiger partial charge in [0.2, 0.25) is 5.91 Å². The maximum Gasteiger partial charge on any atom is 0.220 e. The average molecular weight is 284 g/mol. The highest BCUT2D eigenvalue weighted by molar-refractivity contribution is 9.09. The van der Waals surface area contributed by atoms with Gasteiger partial charge in [-0.2, -0.15) is 0 Å². The molecule has 0 spiro atoms. The molecule has 1 amide bonds. The molecule has 1 rings (SSSR count). The highest BCUT2D eigenvalue weighted by Gasteiger charge is 2.18. The van der Waals surface area contributed by atoms with Gasteiger partial charge in [-0.25, -0.2) is 0 Å². The predicted molar refractivity (Wildman–Crippen MR) is 70.8 cm³/mol. The highest BCUT2D eigenvalue weighted by atomic mass is 79.9. The lowest BCUT2D eigenvalue weighted by Gasteiger charge is -2.23. The summed E-state index contributed by atoms with van der Waals surface area (Å²) in [5.41, 5.74) is 1.03. The van der Waals surface area contributed by atoms with E-state index in [0.29, 0.717) is 6.42 Å². The van der Waals surface area contributed by atoms with Crippen molar-refractivity contribution >= 4 is 21.8 Å². The number of rotatable bonds is 5. The van der Waals surface area contributed by atoms with Gasteiger partial charge in [0.15, 0.2) is 0 Å². The van der Waals surface area contributed by atoms with Crippen LogP contribution in [0.25, 0.3) is 0 Å². The molecule has 1 N–H and O–H groups in total. The van der Waals surface area contributed by atoms with E-state index in [1.54, 1.807) is 0 Å². The Bertz CT molecular complexity index is 335. The van der Waals surface area contributed by atoms with Gasteiger partial charge in [-0.1, -0.05) is 46.3 Å².